The van der Waals surface area contributed by atoms with Crippen LogP contribution in [0, 0.1) is 0 Å². The summed E-state index contributed by atoms with van der Waals surface area (Å²) in [6.45, 7) is 17.0. The Morgan fingerprint density at radius 3 is 1.35 bits per heavy atom. The lowest BCUT2D eigenvalue weighted by Gasteiger charge is -2.37. The summed E-state index contributed by atoms with van der Waals surface area (Å²) in [4.78, 5) is 0. The monoisotopic (exact) mass is 626 g/mol. The minimum absolute atomic E-state index is 0.00561. The second kappa shape index (κ2) is 8.64. The van der Waals surface area contributed by atoms with E-state index in [0.29, 0.717) is 0 Å². The Kier molecular flexibility index (Phi) is 4.94. The van der Waals surface area contributed by atoms with E-state index < -0.39 is 0 Å². The highest BCUT2D eigenvalue weighted by Gasteiger charge is 2.45. The van der Waals surface area contributed by atoms with Crippen LogP contribution in [0.4, 0.5) is 0 Å². The van der Waals surface area contributed by atoms with Crippen molar-refractivity contribution >= 4 is 44.6 Å². The largest absolute Gasteiger partial charge is 0.244 e. The van der Waals surface area contributed by atoms with Crippen molar-refractivity contribution in [2.75, 3.05) is 0 Å². The first-order chi connectivity index (χ1) is 23.5. The molecule has 2 aliphatic carbocycles. The summed E-state index contributed by atoms with van der Waals surface area (Å²) in [7, 11) is 0. The maximum absolute atomic E-state index is 2.60. The van der Waals surface area contributed by atoms with Gasteiger partial charge in [-0.2, -0.15) is 0 Å². The van der Waals surface area contributed by atoms with Gasteiger partial charge < -0.3 is 0 Å². The third kappa shape index (κ3) is 3.19. The van der Waals surface area contributed by atoms with E-state index in [1.807, 2.05) is 0 Å². The van der Waals surface area contributed by atoms with E-state index >= 15 is 0 Å². The molecule has 0 N–H and O–H groups in total. The average molecular weight is 627 g/mol. The van der Waals surface area contributed by atoms with Gasteiger partial charge in [-0.1, -0.05) is 162 Å². The van der Waals surface area contributed by atoms with Crippen molar-refractivity contribution in [1.82, 2.24) is 0 Å². The second-order valence-corrected chi connectivity index (χ2v) is 17.2. The van der Waals surface area contributed by atoms with Crippen molar-refractivity contribution in [3.05, 3.63) is 137 Å². The Balaban J connectivity index is 1.33. The van der Waals surface area contributed by atoms with Gasteiger partial charge in [0.1, 0.15) is 0 Å². The van der Waals surface area contributed by atoms with Gasteiger partial charge in [0.25, 0.3) is 0 Å². The highest BCUT2D eigenvalue weighted by atomic mass is 14.4. The molecule has 0 bridgehead atoms. The van der Waals surface area contributed by atoms with Gasteiger partial charge in [0.05, 0.1) is 0 Å². The Hall–Kier alpha value is -4.88. The highest BCUT2D eigenvalue weighted by Crippen LogP contribution is 2.56. The van der Waals surface area contributed by atoms with Gasteiger partial charge in [-0.05, 0) is 111 Å². The van der Waals surface area contributed by atoms with Crippen molar-refractivity contribution in [1.29, 1.82) is 0 Å². The molecule has 0 radical (unpaired) electrons. The van der Waals surface area contributed by atoms with Crippen LogP contribution in [-0.4, -0.2) is 6.71 Å². The van der Waals surface area contributed by atoms with Crippen LogP contribution >= 0.6 is 0 Å². The van der Waals surface area contributed by atoms with Gasteiger partial charge >= 0.3 is 0 Å². The molecule has 7 aromatic carbocycles. The molecule has 49 heavy (non-hydrogen) atoms. The molecule has 234 valence electrons. The van der Waals surface area contributed by atoms with E-state index in [2.05, 4.69) is 158 Å². The van der Waals surface area contributed by atoms with Crippen LogP contribution in [0.15, 0.2) is 109 Å². The fraction of sp³-hybridized carbons (Fsp3) is 0.208. The third-order valence-corrected chi connectivity index (χ3v) is 13.0. The zero-order chi connectivity index (χ0) is 33.4. The van der Waals surface area contributed by atoms with E-state index in [9.17, 15) is 0 Å². The van der Waals surface area contributed by atoms with Crippen LogP contribution in [0.1, 0.15) is 76.3 Å². The Morgan fingerprint density at radius 2 is 0.898 bits per heavy atom. The van der Waals surface area contributed by atoms with Crippen LogP contribution in [0.5, 0.6) is 0 Å². The van der Waals surface area contributed by atoms with Crippen LogP contribution in [-0.2, 0) is 16.2 Å². The lowest BCUT2D eigenvalue weighted by molar-refractivity contribution is 0.591. The minimum Gasteiger partial charge on any atom is -0.0663 e. The van der Waals surface area contributed by atoms with Crippen LogP contribution in [0.2, 0.25) is 0 Å². The van der Waals surface area contributed by atoms with Crippen molar-refractivity contribution in [2.24, 2.45) is 0 Å². The van der Waals surface area contributed by atoms with Crippen LogP contribution in [0.25, 0.3) is 66.1 Å². The van der Waals surface area contributed by atoms with Gasteiger partial charge in [0, 0.05) is 10.8 Å². The number of hydrogen-bond donors (Lipinski definition) is 0. The maximum atomic E-state index is 2.60. The molecule has 7 aromatic rings. The number of hydrogen-bond acceptors (Lipinski definition) is 0. The first-order valence-corrected chi connectivity index (χ1v) is 18.1. The fourth-order valence-electron chi connectivity index (χ4n) is 10.6. The quantitative estimate of drug-likeness (QED) is 0.147. The van der Waals surface area contributed by atoms with Gasteiger partial charge in [-0.25, -0.2) is 0 Å². The molecule has 11 rings (SSSR count). The SMILES string of the molecule is CC(C)(C)c1cc2c3c(c1)-c1cc4c(c5cccc(c15)B3c1cccc3c5c(cc-2c13)C(C)(C)c1ccccc1-5)-c1ccccc1C4(C)C. The highest BCUT2D eigenvalue weighted by molar-refractivity contribution is 7.01. The molecule has 0 saturated heterocycles. The summed E-state index contributed by atoms with van der Waals surface area (Å²) in [5.74, 6) is 0. The molecule has 2 heterocycles. The van der Waals surface area contributed by atoms with E-state index in [0.717, 1.165) is 0 Å². The van der Waals surface area contributed by atoms with E-state index in [1.165, 1.54) is 110 Å². The zero-order valence-corrected chi connectivity index (χ0v) is 29.5. The van der Waals surface area contributed by atoms with Crippen molar-refractivity contribution in [3.63, 3.8) is 0 Å². The topological polar surface area (TPSA) is 0 Å². The molecular formula is C48H39B. The molecular weight excluding hydrogens is 587 g/mol. The van der Waals surface area contributed by atoms with E-state index in [4.69, 9.17) is 0 Å². The molecule has 0 amide bonds. The van der Waals surface area contributed by atoms with Crippen molar-refractivity contribution in [3.8, 4) is 44.5 Å². The van der Waals surface area contributed by atoms with Gasteiger partial charge in [0.15, 0.2) is 0 Å². The zero-order valence-electron chi connectivity index (χ0n) is 29.5. The normalized spacial score (nSPS) is 16.3. The third-order valence-electron chi connectivity index (χ3n) is 13.0. The molecule has 0 saturated carbocycles. The van der Waals surface area contributed by atoms with Crippen LogP contribution < -0.4 is 16.4 Å². The Bertz CT molecular complexity index is 2520. The smallest absolute Gasteiger partial charge is 0.0663 e. The van der Waals surface area contributed by atoms with Gasteiger partial charge in [-0.15, -0.1) is 0 Å². The predicted molar refractivity (Wildman–Crippen MR) is 211 cm³/mol. The number of rotatable bonds is 0. The van der Waals surface area contributed by atoms with Gasteiger partial charge in [0.2, 0.25) is 6.71 Å². The minimum atomic E-state index is -0.0650. The molecule has 0 unspecified atom stereocenters. The summed E-state index contributed by atoms with van der Waals surface area (Å²) in [5.41, 5.74) is 22.8. The Labute approximate surface area is 289 Å². The summed E-state index contributed by atoms with van der Waals surface area (Å²) in [5, 5.41) is 5.69. The maximum Gasteiger partial charge on any atom is 0.244 e. The lowest BCUT2D eigenvalue weighted by atomic mass is 9.31. The average Bonchev–Trinajstić information content (AvgIpc) is 3.47. The first kappa shape index (κ1) is 28.0. The molecule has 0 spiro atoms. The summed E-state index contributed by atoms with van der Waals surface area (Å²) in [6, 6.07) is 42.9. The molecule has 0 atom stereocenters. The van der Waals surface area contributed by atoms with E-state index in [1.54, 1.807) is 0 Å². The molecule has 2 aliphatic heterocycles. The number of fused-ring (bicyclic) bond motifs is 12. The lowest BCUT2D eigenvalue weighted by Crippen LogP contribution is -2.57. The van der Waals surface area contributed by atoms with Gasteiger partial charge in [-0.3, -0.25) is 0 Å². The van der Waals surface area contributed by atoms with Crippen LogP contribution in [0.3, 0.4) is 0 Å². The number of benzene rings is 7. The predicted octanol–water partition coefficient (Wildman–Crippen LogP) is 10.4. The fourth-order valence-corrected chi connectivity index (χ4v) is 10.6. The molecule has 0 fully saturated rings. The van der Waals surface area contributed by atoms with Crippen molar-refractivity contribution < 1.29 is 0 Å². The molecule has 4 aliphatic rings. The standard InChI is InChI=1S/C48H39B/c1-46(2,3)26-22-33-31-24-37-41(27-14-8-10-18-35(27)47(37,4)5)29-16-12-20-39(43(29)31)49-40-21-13-17-30-42-28-15-9-11-19-36(28)48(6,7)38(42)25-32(44(30)40)34(23-26)45(33)49/h8-25H,1-7H3. The summed E-state index contributed by atoms with van der Waals surface area (Å²) in [6.07, 6.45) is 0. The first-order valence-electron chi connectivity index (χ1n) is 18.1. The molecule has 1 heteroatoms. The van der Waals surface area contributed by atoms with E-state index in [-0.39, 0.29) is 23.0 Å². The summed E-state index contributed by atoms with van der Waals surface area (Å²) >= 11 is 0. The second-order valence-electron chi connectivity index (χ2n) is 17.2. The Morgan fingerprint density at radius 1 is 0.449 bits per heavy atom. The summed E-state index contributed by atoms with van der Waals surface area (Å²) < 4.78 is 0. The molecule has 0 nitrogen and oxygen atoms in total. The molecule has 0 aromatic heterocycles. The van der Waals surface area contributed by atoms with Crippen molar-refractivity contribution in [2.45, 2.75) is 64.7 Å².